The number of amides is 3. The second kappa shape index (κ2) is 16.6. The van der Waals surface area contributed by atoms with Gasteiger partial charge in [-0.25, -0.2) is 4.98 Å². The maximum atomic E-state index is 13.9. The van der Waals surface area contributed by atoms with Gasteiger partial charge in [-0.1, -0.05) is 78.9 Å². The third-order valence-corrected chi connectivity index (χ3v) is 9.58. The van der Waals surface area contributed by atoms with E-state index in [0.29, 0.717) is 39.7 Å². The van der Waals surface area contributed by atoms with E-state index >= 15 is 0 Å². The number of methoxy groups -OCH3 is 1. The van der Waals surface area contributed by atoms with E-state index in [1.165, 1.54) is 11.8 Å². The molecule has 1 heterocycles. The molecule has 7 aromatic rings. The van der Waals surface area contributed by atoms with Crippen LogP contribution in [0.4, 0.5) is 11.4 Å². The summed E-state index contributed by atoms with van der Waals surface area (Å²) in [7, 11) is 1.58. The Morgan fingerprint density at radius 3 is 2.15 bits per heavy atom. The SMILES string of the molecule is COc1ccc(/C=C(/NC(=O)c2ccccc2)C(=O)Nc2cccc(SC(C(=O)Nc3ccc(-c4nc5ccccc5o4)cc3)c3ccccc3)c2)cc1. The van der Waals surface area contributed by atoms with Gasteiger partial charge in [0.15, 0.2) is 5.58 Å². The maximum absolute atomic E-state index is 13.9. The number of nitrogens with one attached hydrogen (secondary N) is 3. The fourth-order valence-corrected chi connectivity index (χ4v) is 6.67. The molecular weight excluding hydrogens is 697 g/mol. The fourth-order valence-electron chi connectivity index (χ4n) is 5.59. The van der Waals surface area contributed by atoms with Gasteiger partial charge in [0.1, 0.15) is 22.2 Å². The molecule has 3 amide bonds. The summed E-state index contributed by atoms with van der Waals surface area (Å²) in [5.74, 6) is 0.00482. The number of benzene rings is 6. The Bertz CT molecular complexity index is 2400. The van der Waals surface area contributed by atoms with Crippen molar-refractivity contribution < 1.29 is 23.5 Å². The smallest absolute Gasteiger partial charge is 0.272 e. The summed E-state index contributed by atoms with van der Waals surface area (Å²) in [4.78, 5) is 46.1. The lowest BCUT2D eigenvalue weighted by Gasteiger charge is -2.18. The van der Waals surface area contributed by atoms with Gasteiger partial charge < -0.3 is 25.1 Å². The van der Waals surface area contributed by atoms with E-state index < -0.39 is 17.1 Å². The summed E-state index contributed by atoms with van der Waals surface area (Å²) in [5.41, 5.74) is 5.34. The number of rotatable bonds is 12. The zero-order chi connectivity index (χ0) is 37.3. The van der Waals surface area contributed by atoms with Crippen molar-refractivity contribution in [2.75, 3.05) is 17.7 Å². The zero-order valence-corrected chi connectivity index (χ0v) is 29.9. The third kappa shape index (κ3) is 8.75. The van der Waals surface area contributed by atoms with Gasteiger partial charge in [-0.2, -0.15) is 0 Å². The quantitative estimate of drug-likeness (QED) is 0.0846. The first kappa shape index (κ1) is 35.5. The summed E-state index contributed by atoms with van der Waals surface area (Å²) in [6, 6.07) is 47.5. The van der Waals surface area contributed by atoms with E-state index in [4.69, 9.17) is 9.15 Å². The maximum Gasteiger partial charge on any atom is 0.272 e. The highest BCUT2D eigenvalue weighted by Gasteiger charge is 2.23. The van der Waals surface area contributed by atoms with Gasteiger partial charge in [0.05, 0.1) is 7.11 Å². The molecule has 0 radical (unpaired) electrons. The number of hydrogen-bond donors (Lipinski definition) is 3. The Morgan fingerprint density at radius 1 is 0.722 bits per heavy atom. The minimum absolute atomic E-state index is 0.0516. The van der Waals surface area contributed by atoms with E-state index in [2.05, 4.69) is 20.9 Å². The number of para-hydroxylation sites is 2. The van der Waals surface area contributed by atoms with Gasteiger partial charge in [0.2, 0.25) is 11.8 Å². The van der Waals surface area contributed by atoms with Crippen LogP contribution in [0.25, 0.3) is 28.6 Å². The number of ether oxygens (including phenoxy) is 1. The van der Waals surface area contributed by atoms with Crippen LogP contribution in [0, 0.1) is 0 Å². The molecule has 1 aromatic heterocycles. The first-order valence-electron chi connectivity index (χ1n) is 17.0. The van der Waals surface area contributed by atoms with Gasteiger partial charge in [-0.05, 0) is 96.1 Å². The molecule has 10 heteroatoms. The molecule has 1 atom stereocenters. The van der Waals surface area contributed by atoms with E-state index in [-0.39, 0.29) is 11.6 Å². The average molecular weight is 731 g/mol. The van der Waals surface area contributed by atoms with Crippen LogP contribution in [-0.4, -0.2) is 29.8 Å². The number of aromatic nitrogens is 1. The van der Waals surface area contributed by atoms with E-state index in [0.717, 1.165) is 21.5 Å². The molecule has 0 aliphatic carbocycles. The Labute approximate surface area is 316 Å². The largest absolute Gasteiger partial charge is 0.497 e. The molecule has 54 heavy (non-hydrogen) atoms. The molecule has 0 saturated carbocycles. The Hall–Kier alpha value is -6.91. The number of nitrogens with zero attached hydrogens (tertiary/aromatic N) is 1. The van der Waals surface area contributed by atoms with Crippen LogP contribution in [0.5, 0.6) is 5.75 Å². The average Bonchev–Trinajstić information content (AvgIpc) is 3.65. The van der Waals surface area contributed by atoms with Crippen LogP contribution in [0.15, 0.2) is 173 Å². The summed E-state index contributed by atoms with van der Waals surface area (Å²) in [6.07, 6.45) is 1.60. The summed E-state index contributed by atoms with van der Waals surface area (Å²) < 4.78 is 11.2. The number of hydrogen-bond acceptors (Lipinski definition) is 7. The van der Waals surface area contributed by atoms with Crippen molar-refractivity contribution >= 4 is 58.0 Å². The molecule has 3 N–H and O–H groups in total. The van der Waals surface area contributed by atoms with E-state index in [1.54, 1.807) is 79.9 Å². The second-order valence-electron chi connectivity index (χ2n) is 12.1. The summed E-state index contributed by atoms with van der Waals surface area (Å²) in [5, 5.41) is 8.12. The van der Waals surface area contributed by atoms with Crippen molar-refractivity contribution in [3.05, 3.63) is 180 Å². The molecule has 0 aliphatic rings. The second-order valence-corrected chi connectivity index (χ2v) is 13.3. The van der Waals surface area contributed by atoms with Crippen LogP contribution in [0.2, 0.25) is 0 Å². The molecule has 0 bridgehead atoms. The van der Waals surface area contributed by atoms with Crippen LogP contribution in [0.1, 0.15) is 26.7 Å². The first-order chi connectivity index (χ1) is 26.4. The monoisotopic (exact) mass is 730 g/mol. The number of carbonyl (C=O) groups excluding carboxylic acids is 3. The van der Waals surface area contributed by atoms with Gasteiger partial charge in [-0.3, -0.25) is 14.4 Å². The molecule has 266 valence electrons. The van der Waals surface area contributed by atoms with Gasteiger partial charge in [-0.15, -0.1) is 11.8 Å². The molecule has 0 fully saturated rings. The molecule has 0 spiro atoms. The molecule has 1 unspecified atom stereocenters. The van der Waals surface area contributed by atoms with Crippen molar-refractivity contribution in [3.63, 3.8) is 0 Å². The Morgan fingerprint density at radius 2 is 1.43 bits per heavy atom. The molecule has 9 nitrogen and oxygen atoms in total. The van der Waals surface area contributed by atoms with E-state index in [1.807, 2.05) is 91.0 Å². The van der Waals surface area contributed by atoms with Crippen LogP contribution in [0.3, 0.4) is 0 Å². The highest BCUT2D eigenvalue weighted by Crippen LogP contribution is 2.37. The number of thioether (sulfide) groups is 1. The Kier molecular flexibility index (Phi) is 10.9. The molecule has 6 aromatic carbocycles. The van der Waals surface area contributed by atoms with E-state index in [9.17, 15) is 14.4 Å². The first-order valence-corrected chi connectivity index (χ1v) is 17.9. The van der Waals surface area contributed by atoms with Crippen molar-refractivity contribution in [1.29, 1.82) is 0 Å². The zero-order valence-electron chi connectivity index (χ0n) is 29.1. The molecule has 0 saturated heterocycles. The lowest BCUT2D eigenvalue weighted by molar-refractivity contribution is -0.116. The van der Waals surface area contributed by atoms with Crippen LogP contribution < -0.4 is 20.7 Å². The predicted octanol–water partition coefficient (Wildman–Crippen LogP) is 9.39. The lowest BCUT2D eigenvalue weighted by atomic mass is 10.1. The molecular formula is C44H34N4O5S. The van der Waals surface area contributed by atoms with Gasteiger partial charge in [0.25, 0.3) is 11.8 Å². The van der Waals surface area contributed by atoms with Crippen molar-refractivity contribution in [2.45, 2.75) is 10.1 Å². The fraction of sp³-hybridized carbons (Fsp3) is 0.0455. The normalized spacial score (nSPS) is 11.8. The number of fused-ring (bicyclic) bond motifs is 1. The summed E-state index contributed by atoms with van der Waals surface area (Å²) >= 11 is 1.35. The molecule has 7 rings (SSSR count). The number of carbonyl (C=O) groups is 3. The van der Waals surface area contributed by atoms with Gasteiger partial charge in [0, 0.05) is 27.4 Å². The number of anilines is 2. The predicted molar refractivity (Wildman–Crippen MR) is 213 cm³/mol. The topological polar surface area (TPSA) is 123 Å². The highest BCUT2D eigenvalue weighted by atomic mass is 32.2. The van der Waals surface area contributed by atoms with Crippen molar-refractivity contribution in [3.8, 4) is 17.2 Å². The van der Waals surface area contributed by atoms with Crippen molar-refractivity contribution in [2.24, 2.45) is 0 Å². The van der Waals surface area contributed by atoms with Gasteiger partial charge >= 0.3 is 0 Å². The number of oxazole rings is 1. The third-order valence-electron chi connectivity index (χ3n) is 8.34. The minimum Gasteiger partial charge on any atom is -0.497 e. The Balaban J connectivity index is 1.08. The minimum atomic E-state index is -0.621. The summed E-state index contributed by atoms with van der Waals surface area (Å²) in [6.45, 7) is 0. The van der Waals surface area contributed by atoms with Crippen LogP contribution in [-0.2, 0) is 9.59 Å². The molecule has 0 aliphatic heterocycles. The lowest BCUT2D eigenvalue weighted by Crippen LogP contribution is -2.30. The highest BCUT2D eigenvalue weighted by molar-refractivity contribution is 8.00. The van der Waals surface area contributed by atoms with Crippen molar-refractivity contribution in [1.82, 2.24) is 10.3 Å². The van der Waals surface area contributed by atoms with Crippen LogP contribution >= 0.6 is 11.8 Å². The standard InChI is InChI=1S/C44H34N4O5S/c1-52-35-25-19-29(20-26-35)27-38(47-41(49)31-13-6-3-7-14-31)42(50)46-34-15-10-16-36(28-34)54-40(30-11-4-2-5-12-30)43(51)45-33-23-21-32(22-24-33)44-48-37-17-8-9-18-39(37)53-44/h2-28,40H,1H3,(H,45,51)(H,46,50)(H,47,49)/b38-27+.